The second-order valence-corrected chi connectivity index (χ2v) is 8.13. The molecule has 0 unspecified atom stereocenters. The van der Waals surface area contributed by atoms with Crippen LogP contribution in [0.4, 0.5) is 0 Å². The molecule has 1 fully saturated rings. The predicted molar refractivity (Wildman–Crippen MR) is 66.9 cm³/mol. The quantitative estimate of drug-likeness (QED) is 0.812. The van der Waals surface area contributed by atoms with Crippen LogP contribution in [0.5, 0.6) is 0 Å². The molecule has 5 heteroatoms. The van der Waals surface area contributed by atoms with Crippen LogP contribution < -0.4 is 5.32 Å². The molecule has 16 heavy (non-hydrogen) atoms. The maximum absolute atomic E-state index is 12.3. The molecular weight excluding hydrogens is 224 g/mol. The molecule has 1 saturated heterocycles. The van der Waals surface area contributed by atoms with Gasteiger partial charge < -0.3 is 5.32 Å². The van der Waals surface area contributed by atoms with Crippen LogP contribution in [0.3, 0.4) is 0 Å². The minimum atomic E-state index is -3.10. The maximum Gasteiger partial charge on any atom is 0.216 e. The normalized spacial score (nSPS) is 20.3. The third-order valence-corrected chi connectivity index (χ3v) is 5.15. The Morgan fingerprint density at radius 3 is 2.19 bits per heavy atom. The van der Waals surface area contributed by atoms with E-state index in [1.807, 2.05) is 0 Å². The minimum Gasteiger partial charge on any atom is -0.317 e. The standard InChI is InChI=1S/C11H24N2O2S/c1-11(2,3)9-13(4)16(14,15)10-5-7-12-8-6-10/h10,12H,5-9H2,1-4H3. The van der Waals surface area contributed by atoms with E-state index in [0.29, 0.717) is 6.54 Å². The summed E-state index contributed by atoms with van der Waals surface area (Å²) in [5, 5.41) is 3.00. The third-order valence-electron chi connectivity index (χ3n) is 2.84. The van der Waals surface area contributed by atoms with Gasteiger partial charge in [0, 0.05) is 13.6 Å². The van der Waals surface area contributed by atoms with Crippen molar-refractivity contribution in [1.82, 2.24) is 9.62 Å². The first-order chi connectivity index (χ1) is 7.23. The Morgan fingerprint density at radius 1 is 1.25 bits per heavy atom. The zero-order valence-corrected chi connectivity index (χ0v) is 11.6. The molecule has 0 atom stereocenters. The Labute approximate surface area is 99.5 Å². The van der Waals surface area contributed by atoms with Gasteiger partial charge in [0.15, 0.2) is 0 Å². The van der Waals surface area contributed by atoms with Crippen LogP contribution in [0.1, 0.15) is 33.6 Å². The summed E-state index contributed by atoms with van der Waals surface area (Å²) in [5.41, 5.74) is 0.00867. The molecule has 0 aromatic rings. The van der Waals surface area contributed by atoms with Crippen molar-refractivity contribution < 1.29 is 8.42 Å². The molecule has 1 N–H and O–H groups in total. The zero-order chi connectivity index (χ0) is 12.4. The van der Waals surface area contributed by atoms with Gasteiger partial charge in [0.25, 0.3) is 0 Å². The molecule has 0 saturated carbocycles. The highest BCUT2D eigenvalue weighted by atomic mass is 32.2. The number of hydrogen-bond donors (Lipinski definition) is 1. The topological polar surface area (TPSA) is 49.4 Å². The molecule has 1 aliphatic heterocycles. The second-order valence-electron chi connectivity index (χ2n) is 5.81. The third kappa shape index (κ3) is 3.71. The van der Waals surface area contributed by atoms with Gasteiger partial charge in [0.1, 0.15) is 0 Å². The van der Waals surface area contributed by atoms with Crippen LogP contribution in [-0.4, -0.2) is 44.7 Å². The van der Waals surface area contributed by atoms with Crippen LogP contribution in [0.25, 0.3) is 0 Å². The van der Waals surface area contributed by atoms with Crippen molar-refractivity contribution in [1.29, 1.82) is 0 Å². The first-order valence-corrected chi connectivity index (χ1v) is 7.40. The first kappa shape index (κ1) is 13.9. The molecule has 0 aromatic carbocycles. The molecule has 1 rings (SSSR count). The highest BCUT2D eigenvalue weighted by Gasteiger charge is 2.32. The lowest BCUT2D eigenvalue weighted by Gasteiger charge is -2.31. The van der Waals surface area contributed by atoms with Crippen LogP contribution in [0.15, 0.2) is 0 Å². The lowest BCUT2D eigenvalue weighted by Crippen LogP contribution is -2.44. The summed E-state index contributed by atoms with van der Waals surface area (Å²) in [5.74, 6) is 0. The van der Waals surface area contributed by atoms with E-state index >= 15 is 0 Å². The molecule has 0 aliphatic carbocycles. The molecule has 0 amide bonds. The van der Waals surface area contributed by atoms with Gasteiger partial charge in [-0.25, -0.2) is 12.7 Å². The molecular formula is C11H24N2O2S. The Kier molecular flexibility index (Phi) is 4.37. The predicted octanol–water partition coefficient (Wildman–Crippen LogP) is 1.05. The van der Waals surface area contributed by atoms with E-state index in [-0.39, 0.29) is 10.7 Å². The van der Waals surface area contributed by atoms with Crippen LogP contribution in [-0.2, 0) is 10.0 Å². The van der Waals surface area contributed by atoms with Crippen molar-refractivity contribution in [2.75, 3.05) is 26.7 Å². The summed E-state index contributed by atoms with van der Waals surface area (Å²) in [6, 6.07) is 0. The molecule has 0 aromatic heterocycles. The van der Waals surface area contributed by atoms with Gasteiger partial charge in [-0.2, -0.15) is 0 Å². The molecule has 0 bridgehead atoms. The number of nitrogens with one attached hydrogen (secondary N) is 1. The summed E-state index contributed by atoms with van der Waals surface area (Å²) in [6.45, 7) is 8.38. The van der Waals surface area contributed by atoms with Crippen LogP contribution in [0, 0.1) is 5.41 Å². The van der Waals surface area contributed by atoms with Gasteiger partial charge in [-0.3, -0.25) is 0 Å². The average Bonchev–Trinajstić information content (AvgIpc) is 2.16. The van der Waals surface area contributed by atoms with Crippen molar-refractivity contribution in [2.45, 2.75) is 38.9 Å². The van der Waals surface area contributed by atoms with Crippen molar-refractivity contribution in [3.63, 3.8) is 0 Å². The number of nitrogens with zero attached hydrogens (tertiary/aromatic N) is 1. The van der Waals surface area contributed by atoms with E-state index in [4.69, 9.17) is 0 Å². The second kappa shape index (κ2) is 5.02. The fourth-order valence-corrected chi connectivity index (χ4v) is 4.01. The van der Waals surface area contributed by atoms with Crippen molar-refractivity contribution in [2.24, 2.45) is 5.41 Å². The summed E-state index contributed by atoms with van der Waals surface area (Å²) in [4.78, 5) is 0. The van der Waals surface area contributed by atoms with E-state index in [2.05, 4.69) is 26.1 Å². The Morgan fingerprint density at radius 2 is 1.75 bits per heavy atom. The van der Waals surface area contributed by atoms with E-state index < -0.39 is 10.0 Å². The van der Waals surface area contributed by atoms with E-state index in [9.17, 15) is 8.42 Å². The summed E-state index contributed by atoms with van der Waals surface area (Å²) in [7, 11) is -1.40. The largest absolute Gasteiger partial charge is 0.317 e. The monoisotopic (exact) mass is 248 g/mol. The van der Waals surface area contributed by atoms with Crippen molar-refractivity contribution in [3.8, 4) is 0 Å². The highest BCUT2D eigenvalue weighted by Crippen LogP contribution is 2.21. The number of sulfonamides is 1. The Hall–Kier alpha value is -0.130. The molecule has 1 aliphatic rings. The molecule has 96 valence electrons. The van der Waals surface area contributed by atoms with Gasteiger partial charge in [-0.1, -0.05) is 20.8 Å². The van der Waals surface area contributed by atoms with Crippen molar-refractivity contribution in [3.05, 3.63) is 0 Å². The highest BCUT2D eigenvalue weighted by molar-refractivity contribution is 7.89. The fraction of sp³-hybridized carbons (Fsp3) is 1.00. The summed E-state index contributed by atoms with van der Waals surface area (Å²) >= 11 is 0. The van der Waals surface area contributed by atoms with E-state index in [1.54, 1.807) is 7.05 Å². The molecule has 1 heterocycles. The van der Waals surface area contributed by atoms with Crippen molar-refractivity contribution >= 4 is 10.0 Å². The first-order valence-electron chi connectivity index (χ1n) is 5.89. The molecule has 0 radical (unpaired) electrons. The Balaban J connectivity index is 2.68. The fourth-order valence-electron chi connectivity index (χ4n) is 2.11. The molecule has 4 nitrogen and oxygen atoms in total. The van der Waals surface area contributed by atoms with E-state index in [1.165, 1.54) is 4.31 Å². The number of rotatable bonds is 3. The lowest BCUT2D eigenvalue weighted by molar-refractivity contribution is 0.305. The van der Waals surface area contributed by atoms with E-state index in [0.717, 1.165) is 25.9 Å². The van der Waals surface area contributed by atoms with Gasteiger partial charge in [0.05, 0.1) is 5.25 Å². The van der Waals surface area contributed by atoms with Gasteiger partial charge in [0.2, 0.25) is 10.0 Å². The SMILES string of the molecule is CN(CC(C)(C)C)S(=O)(=O)C1CCNCC1. The van der Waals surface area contributed by atoms with Gasteiger partial charge in [-0.15, -0.1) is 0 Å². The zero-order valence-electron chi connectivity index (χ0n) is 10.8. The lowest BCUT2D eigenvalue weighted by atomic mass is 9.97. The molecule has 0 spiro atoms. The summed E-state index contributed by atoms with van der Waals surface area (Å²) in [6.07, 6.45) is 1.47. The Bertz CT molecular complexity index is 313. The van der Waals surface area contributed by atoms with Crippen LogP contribution in [0.2, 0.25) is 0 Å². The van der Waals surface area contributed by atoms with Crippen LogP contribution >= 0.6 is 0 Å². The summed E-state index contributed by atoms with van der Waals surface area (Å²) < 4.78 is 26.1. The number of hydrogen-bond acceptors (Lipinski definition) is 3. The minimum absolute atomic E-state index is 0.00867. The number of piperidine rings is 1. The van der Waals surface area contributed by atoms with Gasteiger partial charge in [-0.05, 0) is 31.3 Å². The van der Waals surface area contributed by atoms with Gasteiger partial charge >= 0.3 is 0 Å². The maximum atomic E-state index is 12.3. The average molecular weight is 248 g/mol. The smallest absolute Gasteiger partial charge is 0.216 e.